The molecule has 1 fully saturated rings. The summed E-state index contributed by atoms with van der Waals surface area (Å²) in [4.78, 5) is 15.3. The second-order valence-corrected chi connectivity index (χ2v) is 12.5. The van der Waals surface area contributed by atoms with Crippen molar-refractivity contribution in [3.63, 3.8) is 0 Å². The molecule has 0 unspecified atom stereocenters. The van der Waals surface area contributed by atoms with Crippen molar-refractivity contribution in [1.29, 1.82) is 0 Å². The molecule has 0 atom stereocenters. The summed E-state index contributed by atoms with van der Waals surface area (Å²) in [5, 5.41) is 0. The van der Waals surface area contributed by atoms with Crippen LogP contribution in [0.25, 0.3) is 6.08 Å². The van der Waals surface area contributed by atoms with Crippen LogP contribution in [0.5, 0.6) is 5.75 Å². The van der Waals surface area contributed by atoms with Gasteiger partial charge in [-0.25, -0.2) is 4.79 Å². The minimum absolute atomic E-state index is 0.141. The van der Waals surface area contributed by atoms with Crippen molar-refractivity contribution in [1.82, 2.24) is 0 Å². The Hall–Kier alpha value is -4.44. The first-order valence-corrected chi connectivity index (χ1v) is 15.5. The number of benzene rings is 4. The zero-order valence-electron chi connectivity index (χ0n) is 25.7. The molecule has 0 amide bonds. The summed E-state index contributed by atoms with van der Waals surface area (Å²) in [7, 11) is 0. The highest BCUT2D eigenvalue weighted by atomic mass is 16.5. The Morgan fingerprint density at radius 1 is 0.860 bits per heavy atom. The fraction of sp³-hybridized carbons (Fsp3) is 0.282. The van der Waals surface area contributed by atoms with Crippen LogP contribution in [0, 0.1) is 0 Å². The summed E-state index contributed by atoms with van der Waals surface area (Å²) < 4.78 is 8.05. The largest absolute Gasteiger partial charge is 0.423 e. The first-order chi connectivity index (χ1) is 20.8. The first kappa shape index (κ1) is 28.7. The molecular formula is C39H41N2O2+. The van der Waals surface area contributed by atoms with Crippen LogP contribution >= 0.6 is 0 Å². The van der Waals surface area contributed by atoms with Gasteiger partial charge in [0.25, 0.3) is 0 Å². The number of allylic oxidation sites excluding steroid dienone is 1. The topological polar surface area (TPSA) is 32.6 Å². The van der Waals surface area contributed by atoms with E-state index in [4.69, 9.17) is 4.74 Å². The van der Waals surface area contributed by atoms with Gasteiger partial charge in [0, 0.05) is 42.0 Å². The summed E-state index contributed by atoms with van der Waals surface area (Å²) >= 11 is 0. The molecule has 0 saturated carbocycles. The lowest BCUT2D eigenvalue weighted by molar-refractivity contribution is -0.455. The molecule has 0 spiro atoms. The Morgan fingerprint density at radius 3 is 2.21 bits per heavy atom. The second kappa shape index (κ2) is 12.0. The molecule has 6 rings (SSSR count). The van der Waals surface area contributed by atoms with Crippen LogP contribution in [0.1, 0.15) is 79.1 Å². The van der Waals surface area contributed by atoms with Gasteiger partial charge in [-0.05, 0) is 86.2 Å². The van der Waals surface area contributed by atoms with Gasteiger partial charge >= 0.3 is 5.97 Å². The Bertz CT molecular complexity index is 1650. The minimum Gasteiger partial charge on any atom is -0.423 e. The van der Waals surface area contributed by atoms with Crippen molar-refractivity contribution >= 4 is 29.1 Å². The van der Waals surface area contributed by atoms with Crippen molar-refractivity contribution in [3.05, 3.63) is 131 Å². The number of esters is 1. The Balaban J connectivity index is 1.22. The summed E-state index contributed by atoms with van der Waals surface area (Å²) in [6, 6.07) is 33.2. The van der Waals surface area contributed by atoms with E-state index < -0.39 is 0 Å². The zero-order chi connectivity index (χ0) is 30.0. The van der Waals surface area contributed by atoms with E-state index in [-0.39, 0.29) is 11.4 Å². The molecule has 0 aromatic heterocycles. The molecule has 2 aliphatic heterocycles. The van der Waals surface area contributed by atoms with Gasteiger partial charge in [0.05, 0.1) is 11.0 Å². The van der Waals surface area contributed by atoms with E-state index in [1.54, 1.807) is 0 Å². The van der Waals surface area contributed by atoms with Crippen LogP contribution in [-0.4, -0.2) is 29.3 Å². The summed E-state index contributed by atoms with van der Waals surface area (Å²) in [6.07, 6.45) is 7.08. The number of carbonyl (C=O) groups excluding carboxylic acids is 1. The van der Waals surface area contributed by atoms with E-state index in [2.05, 4.69) is 97.9 Å². The standard InChI is InChI=1S/C39H41N2O2/c1-28(2)31-18-22-34(23-19-31)43-38(42)32-16-11-30(12-17-32)27-41-36-10-6-5-9-35(36)39(3,4)37(41)24-15-29-13-20-33(21-14-29)40-25-7-8-26-40/h5-6,9-24,28H,7-8,25-27H2,1-4H3/q+1. The maximum atomic E-state index is 12.9. The fourth-order valence-electron chi connectivity index (χ4n) is 6.27. The normalized spacial score (nSPS) is 15.9. The summed E-state index contributed by atoms with van der Waals surface area (Å²) in [6.45, 7) is 11.9. The lowest BCUT2D eigenvalue weighted by atomic mass is 9.81. The predicted molar refractivity (Wildman–Crippen MR) is 177 cm³/mol. The number of anilines is 1. The number of fused-ring (bicyclic) bond motifs is 1. The fourth-order valence-corrected chi connectivity index (χ4v) is 6.27. The van der Waals surface area contributed by atoms with Crippen molar-refractivity contribution in [2.75, 3.05) is 18.0 Å². The quantitative estimate of drug-likeness (QED) is 0.121. The summed E-state index contributed by atoms with van der Waals surface area (Å²) in [5.74, 6) is 0.651. The molecule has 1 saturated heterocycles. The lowest BCUT2D eigenvalue weighted by Crippen LogP contribution is -2.27. The molecule has 0 N–H and O–H groups in total. The molecule has 4 aromatic rings. The molecule has 4 nitrogen and oxygen atoms in total. The van der Waals surface area contributed by atoms with E-state index in [0.29, 0.717) is 23.8 Å². The van der Waals surface area contributed by atoms with E-state index in [1.165, 1.54) is 46.6 Å². The average Bonchev–Trinajstić information content (AvgIpc) is 3.63. The van der Waals surface area contributed by atoms with E-state index in [9.17, 15) is 4.79 Å². The molecule has 2 heterocycles. The molecule has 2 aliphatic rings. The highest BCUT2D eigenvalue weighted by molar-refractivity contribution is 6.05. The molecule has 218 valence electrons. The molecule has 4 aromatic carbocycles. The number of carbonyl (C=O) groups is 1. The smallest absolute Gasteiger partial charge is 0.343 e. The third-order valence-electron chi connectivity index (χ3n) is 8.88. The highest BCUT2D eigenvalue weighted by Crippen LogP contribution is 2.40. The van der Waals surface area contributed by atoms with Gasteiger partial charge in [-0.3, -0.25) is 0 Å². The van der Waals surface area contributed by atoms with E-state index in [1.807, 2.05) is 48.5 Å². The number of ether oxygens (including phenoxy) is 1. The maximum absolute atomic E-state index is 12.9. The molecule has 0 bridgehead atoms. The molecule has 43 heavy (non-hydrogen) atoms. The van der Waals surface area contributed by atoms with E-state index >= 15 is 0 Å². The predicted octanol–water partition coefficient (Wildman–Crippen LogP) is 8.92. The minimum atomic E-state index is -0.345. The monoisotopic (exact) mass is 569 g/mol. The maximum Gasteiger partial charge on any atom is 0.343 e. The van der Waals surface area contributed by atoms with Gasteiger partial charge in [-0.2, -0.15) is 4.58 Å². The number of hydrogen-bond donors (Lipinski definition) is 0. The number of hydrogen-bond acceptors (Lipinski definition) is 3. The van der Waals surface area contributed by atoms with Crippen molar-refractivity contribution in [3.8, 4) is 5.75 Å². The first-order valence-electron chi connectivity index (χ1n) is 15.5. The van der Waals surface area contributed by atoms with Crippen molar-refractivity contribution < 1.29 is 14.1 Å². The Kier molecular flexibility index (Phi) is 8.03. The van der Waals surface area contributed by atoms with Gasteiger partial charge in [0.1, 0.15) is 5.75 Å². The van der Waals surface area contributed by atoms with Crippen LogP contribution in [0.3, 0.4) is 0 Å². The van der Waals surface area contributed by atoms with E-state index in [0.717, 1.165) is 18.7 Å². The third kappa shape index (κ3) is 6.06. The number of para-hydroxylation sites is 1. The molecular weight excluding hydrogens is 528 g/mol. The number of rotatable bonds is 8. The molecule has 0 aliphatic carbocycles. The van der Waals surface area contributed by atoms with Gasteiger partial charge in [0.2, 0.25) is 5.69 Å². The molecule has 4 heteroatoms. The SMILES string of the molecule is CC(C)c1ccc(OC(=O)c2ccc(C[N+]3=C(/C=C/c4ccc(N5CCCC5)cc4)C(C)(C)c4ccccc43)cc2)cc1. The van der Waals surface area contributed by atoms with Gasteiger partial charge < -0.3 is 9.64 Å². The van der Waals surface area contributed by atoms with Crippen molar-refractivity contribution in [2.45, 2.75) is 58.4 Å². The van der Waals surface area contributed by atoms with Gasteiger partial charge in [-0.15, -0.1) is 0 Å². The van der Waals surface area contributed by atoms with Crippen LogP contribution in [-0.2, 0) is 12.0 Å². The van der Waals surface area contributed by atoms with Crippen LogP contribution in [0.4, 0.5) is 11.4 Å². The third-order valence-corrected chi connectivity index (χ3v) is 8.88. The average molecular weight is 570 g/mol. The molecule has 0 radical (unpaired) electrons. The van der Waals surface area contributed by atoms with Crippen molar-refractivity contribution in [2.24, 2.45) is 0 Å². The number of nitrogens with zero attached hydrogens (tertiary/aromatic N) is 2. The van der Waals surface area contributed by atoms with Crippen LogP contribution in [0.15, 0.2) is 103 Å². The van der Waals surface area contributed by atoms with Gasteiger partial charge in [0.15, 0.2) is 12.3 Å². The Labute approximate surface area is 256 Å². The summed E-state index contributed by atoms with van der Waals surface area (Å²) in [5.41, 5.74) is 9.07. The van der Waals surface area contributed by atoms with Gasteiger partial charge in [-0.1, -0.05) is 68.4 Å². The lowest BCUT2D eigenvalue weighted by Gasteiger charge is -2.17. The zero-order valence-corrected chi connectivity index (χ0v) is 25.7. The van der Waals surface area contributed by atoms with Crippen LogP contribution in [0.2, 0.25) is 0 Å². The Morgan fingerprint density at radius 2 is 1.53 bits per heavy atom. The highest BCUT2D eigenvalue weighted by Gasteiger charge is 2.44. The van der Waals surface area contributed by atoms with Crippen LogP contribution < -0.4 is 9.64 Å². The second-order valence-electron chi connectivity index (χ2n) is 12.5.